The summed E-state index contributed by atoms with van der Waals surface area (Å²) in [6.07, 6.45) is 0. The summed E-state index contributed by atoms with van der Waals surface area (Å²) in [4.78, 5) is 9.55. The lowest BCUT2D eigenvalue weighted by molar-refractivity contribution is 0.288. The number of benzene rings is 3. The van der Waals surface area contributed by atoms with Crippen LogP contribution in [0.25, 0.3) is 0 Å². The average Bonchev–Trinajstić information content (AvgIpc) is 2.95. The first-order valence-electron chi connectivity index (χ1n) is 10.3. The molecule has 0 saturated carbocycles. The Kier molecular flexibility index (Phi) is 5.98. The van der Waals surface area contributed by atoms with Gasteiger partial charge in [0.1, 0.15) is 11.7 Å². The molecule has 1 heterocycles. The van der Waals surface area contributed by atoms with Crippen LogP contribution in [0, 0.1) is 12.7 Å². The van der Waals surface area contributed by atoms with Gasteiger partial charge < -0.3 is 14.8 Å². The third kappa shape index (κ3) is 4.58. The van der Waals surface area contributed by atoms with Crippen molar-refractivity contribution >= 4 is 23.0 Å². The maximum atomic E-state index is 13.5. The highest BCUT2D eigenvalue weighted by Crippen LogP contribution is 2.32. The Morgan fingerprint density at radius 2 is 1.52 bits per heavy atom. The molecular formula is C25H24FN3O2. The number of amidine groups is 2. The van der Waals surface area contributed by atoms with E-state index in [0.29, 0.717) is 36.4 Å². The van der Waals surface area contributed by atoms with Crippen LogP contribution in [0.3, 0.4) is 0 Å². The average molecular weight is 417 g/mol. The Morgan fingerprint density at radius 1 is 0.806 bits per heavy atom. The second kappa shape index (κ2) is 9.00. The molecule has 31 heavy (non-hydrogen) atoms. The van der Waals surface area contributed by atoms with E-state index in [2.05, 4.69) is 5.32 Å². The molecular weight excluding hydrogens is 393 g/mol. The SMILES string of the molecule is CCOc1ccc(C2=NC(c3ccc(F)cc3)=Nc3ccc(C)cc3N2)cc1OCC. The van der Waals surface area contributed by atoms with Gasteiger partial charge in [0.05, 0.1) is 24.6 Å². The summed E-state index contributed by atoms with van der Waals surface area (Å²) >= 11 is 0. The number of hydrogen-bond donors (Lipinski definition) is 1. The Balaban J connectivity index is 1.83. The summed E-state index contributed by atoms with van der Waals surface area (Å²) in [5.41, 5.74) is 4.27. The van der Waals surface area contributed by atoms with Crippen LogP contribution < -0.4 is 14.8 Å². The van der Waals surface area contributed by atoms with Gasteiger partial charge in [-0.15, -0.1) is 0 Å². The van der Waals surface area contributed by atoms with E-state index in [1.54, 1.807) is 12.1 Å². The lowest BCUT2D eigenvalue weighted by Crippen LogP contribution is -2.15. The summed E-state index contributed by atoms with van der Waals surface area (Å²) in [5, 5.41) is 3.41. The lowest BCUT2D eigenvalue weighted by Gasteiger charge is -2.14. The smallest absolute Gasteiger partial charge is 0.162 e. The van der Waals surface area contributed by atoms with Crippen molar-refractivity contribution in [2.45, 2.75) is 20.8 Å². The molecule has 1 aliphatic heterocycles. The van der Waals surface area contributed by atoms with E-state index >= 15 is 0 Å². The van der Waals surface area contributed by atoms with Crippen molar-refractivity contribution in [3.05, 3.63) is 83.2 Å². The van der Waals surface area contributed by atoms with Gasteiger partial charge in [-0.05, 0) is 80.9 Å². The highest BCUT2D eigenvalue weighted by atomic mass is 19.1. The van der Waals surface area contributed by atoms with Crippen molar-refractivity contribution in [1.82, 2.24) is 0 Å². The first kappa shape index (κ1) is 20.6. The Labute approximate surface area is 181 Å². The van der Waals surface area contributed by atoms with Crippen molar-refractivity contribution in [3.8, 4) is 11.5 Å². The van der Waals surface area contributed by atoms with Crippen LogP contribution in [0.2, 0.25) is 0 Å². The molecule has 0 bridgehead atoms. The summed E-state index contributed by atoms with van der Waals surface area (Å²) in [5.74, 6) is 2.16. The fourth-order valence-corrected chi connectivity index (χ4v) is 3.31. The minimum absolute atomic E-state index is 0.302. The molecule has 1 aliphatic rings. The van der Waals surface area contributed by atoms with Gasteiger partial charge in [-0.2, -0.15) is 0 Å². The maximum Gasteiger partial charge on any atom is 0.162 e. The molecule has 0 spiro atoms. The van der Waals surface area contributed by atoms with Gasteiger partial charge >= 0.3 is 0 Å². The van der Waals surface area contributed by atoms with E-state index in [-0.39, 0.29) is 5.82 Å². The zero-order valence-electron chi connectivity index (χ0n) is 17.8. The number of fused-ring (bicyclic) bond motifs is 1. The van der Waals surface area contributed by atoms with E-state index in [1.807, 2.05) is 57.2 Å². The first-order valence-corrected chi connectivity index (χ1v) is 10.3. The molecule has 1 N–H and O–H groups in total. The Morgan fingerprint density at radius 3 is 2.26 bits per heavy atom. The van der Waals surface area contributed by atoms with Gasteiger partial charge in [-0.3, -0.25) is 0 Å². The fourth-order valence-electron chi connectivity index (χ4n) is 3.31. The van der Waals surface area contributed by atoms with Crippen molar-refractivity contribution in [2.75, 3.05) is 18.5 Å². The lowest BCUT2D eigenvalue weighted by atomic mass is 10.1. The quantitative estimate of drug-likeness (QED) is 0.545. The number of anilines is 1. The molecule has 5 nitrogen and oxygen atoms in total. The standard InChI is InChI=1S/C25H24FN3O2/c1-4-30-22-13-9-18(15-23(22)31-5-2)25-28-21-14-16(3)6-12-20(21)27-24(29-25)17-7-10-19(26)11-8-17/h6-15H,4-5H2,1-3H3,(H,27,28,29). The third-order valence-electron chi connectivity index (χ3n) is 4.77. The second-order valence-corrected chi connectivity index (χ2v) is 7.08. The third-order valence-corrected chi connectivity index (χ3v) is 4.77. The summed E-state index contributed by atoms with van der Waals surface area (Å²) in [7, 11) is 0. The number of nitrogens with zero attached hydrogens (tertiary/aromatic N) is 2. The molecule has 0 aliphatic carbocycles. The number of aryl methyl sites for hydroxylation is 1. The molecule has 0 radical (unpaired) electrons. The van der Waals surface area contributed by atoms with Crippen LogP contribution >= 0.6 is 0 Å². The molecule has 0 amide bonds. The van der Waals surface area contributed by atoms with Crippen LogP contribution in [-0.2, 0) is 0 Å². The number of ether oxygens (including phenoxy) is 2. The molecule has 0 unspecified atom stereocenters. The molecule has 0 aromatic heterocycles. The van der Waals surface area contributed by atoms with Crippen molar-refractivity contribution in [1.29, 1.82) is 0 Å². The molecule has 0 atom stereocenters. The van der Waals surface area contributed by atoms with Crippen LogP contribution in [-0.4, -0.2) is 24.9 Å². The summed E-state index contributed by atoms with van der Waals surface area (Å²) in [6, 6.07) is 17.9. The number of rotatable bonds is 6. The van der Waals surface area contributed by atoms with Gasteiger partial charge in [-0.25, -0.2) is 14.4 Å². The zero-order valence-corrected chi connectivity index (χ0v) is 17.8. The van der Waals surface area contributed by atoms with Crippen LogP contribution in [0.15, 0.2) is 70.6 Å². The monoisotopic (exact) mass is 417 g/mol. The number of nitrogens with one attached hydrogen (secondary N) is 1. The van der Waals surface area contributed by atoms with Gasteiger partial charge in [0, 0.05) is 11.1 Å². The largest absolute Gasteiger partial charge is 0.490 e. The molecule has 3 aromatic carbocycles. The van der Waals surface area contributed by atoms with E-state index in [1.165, 1.54) is 12.1 Å². The predicted molar refractivity (Wildman–Crippen MR) is 123 cm³/mol. The normalized spacial score (nSPS) is 12.8. The van der Waals surface area contributed by atoms with Crippen molar-refractivity contribution in [2.24, 2.45) is 9.98 Å². The van der Waals surface area contributed by atoms with E-state index in [4.69, 9.17) is 19.5 Å². The van der Waals surface area contributed by atoms with Crippen LogP contribution in [0.5, 0.6) is 11.5 Å². The molecule has 3 aromatic rings. The molecule has 6 heteroatoms. The fraction of sp³-hybridized carbons (Fsp3) is 0.200. The Bertz CT molecular complexity index is 1150. The van der Waals surface area contributed by atoms with Gasteiger partial charge in [0.2, 0.25) is 0 Å². The molecule has 4 rings (SSSR count). The molecule has 0 saturated heterocycles. The topological polar surface area (TPSA) is 55.2 Å². The van der Waals surface area contributed by atoms with Crippen LogP contribution in [0.4, 0.5) is 15.8 Å². The Hall–Kier alpha value is -3.67. The van der Waals surface area contributed by atoms with Crippen LogP contribution in [0.1, 0.15) is 30.5 Å². The highest BCUT2D eigenvalue weighted by molar-refractivity contribution is 6.19. The minimum atomic E-state index is -0.302. The first-order chi connectivity index (χ1) is 15.1. The highest BCUT2D eigenvalue weighted by Gasteiger charge is 2.17. The molecule has 0 fully saturated rings. The van der Waals surface area contributed by atoms with Gasteiger partial charge in [-0.1, -0.05) is 6.07 Å². The molecule has 158 valence electrons. The van der Waals surface area contributed by atoms with Crippen molar-refractivity contribution in [3.63, 3.8) is 0 Å². The van der Waals surface area contributed by atoms with Gasteiger partial charge in [0.15, 0.2) is 17.3 Å². The maximum absolute atomic E-state index is 13.5. The van der Waals surface area contributed by atoms with Gasteiger partial charge in [0.25, 0.3) is 0 Å². The number of aliphatic imine (C=N–C) groups is 2. The number of halogens is 1. The zero-order chi connectivity index (χ0) is 21.8. The van der Waals surface area contributed by atoms with E-state index in [0.717, 1.165) is 28.1 Å². The second-order valence-electron chi connectivity index (χ2n) is 7.08. The summed E-state index contributed by atoms with van der Waals surface area (Å²) < 4.78 is 24.9. The van der Waals surface area contributed by atoms with E-state index < -0.39 is 0 Å². The predicted octanol–water partition coefficient (Wildman–Crippen LogP) is 5.88. The minimum Gasteiger partial charge on any atom is -0.490 e. The summed E-state index contributed by atoms with van der Waals surface area (Å²) in [6.45, 7) is 6.96. The van der Waals surface area contributed by atoms with E-state index in [9.17, 15) is 4.39 Å². The number of hydrogen-bond acceptors (Lipinski definition) is 5. The van der Waals surface area contributed by atoms with Crippen molar-refractivity contribution < 1.29 is 13.9 Å².